The maximum Gasteiger partial charge on any atom is 0.251 e. The summed E-state index contributed by atoms with van der Waals surface area (Å²) in [5.41, 5.74) is 2.63. The fourth-order valence-electron chi connectivity index (χ4n) is 2.48. The molecular weight excluding hydrogens is 342 g/mol. The Morgan fingerprint density at radius 1 is 0.963 bits per heavy atom. The van der Waals surface area contributed by atoms with Crippen molar-refractivity contribution in [2.45, 2.75) is 25.8 Å². The van der Waals surface area contributed by atoms with Gasteiger partial charge < -0.3 is 16.0 Å². The van der Waals surface area contributed by atoms with Gasteiger partial charge in [-0.3, -0.25) is 14.4 Å². The quantitative estimate of drug-likeness (QED) is 0.689. The summed E-state index contributed by atoms with van der Waals surface area (Å²) in [5.74, 6) is -0.525. The number of amides is 3. The molecule has 138 valence electrons. The van der Waals surface area contributed by atoms with Crippen molar-refractivity contribution < 1.29 is 14.4 Å². The monoisotopic (exact) mass is 363 g/mol. The van der Waals surface area contributed by atoms with Gasteiger partial charge in [-0.25, -0.2) is 0 Å². The number of benzene rings is 2. The summed E-state index contributed by atoms with van der Waals surface area (Å²) in [6.45, 7) is 1.43. The van der Waals surface area contributed by atoms with Crippen molar-refractivity contribution in [3.8, 4) is 0 Å². The number of carbonyl (C=O) groups excluding carboxylic acids is 3. The van der Waals surface area contributed by atoms with Gasteiger partial charge in [-0.15, -0.1) is 0 Å². The lowest BCUT2D eigenvalue weighted by molar-refractivity contribution is -0.114. The summed E-state index contributed by atoms with van der Waals surface area (Å²) >= 11 is 0. The number of anilines is 2. The molecule has 1 fully saturated rings. The Bertz CT molecular complexity index is 884. The van der Waals surface area contributed by atoms with Gasteiger partial charge >= 0.3 is 0 Å². The summed E-state index contributed by atoms with van der Waals surface area (Å²) < 4.78 is 0. The minimum Gasteiger partial charge on any atom is -0.349 e. The molecule has 3 rings (SSSR count). The molecule has 0 radical (unpaired) electrons. The van der Waals surface area contributed by atoms with E-state index in [1.165, 1.54) is 13.0 Å². The Hall–Kier alpha value is -3.41. The molecule has 2 aromatic carbocycles. The van der Waals surface area contributed by atoms with Crippen molar-refractivity contribution in [2.75, 3.05) is 10.6 Å². The van der Waals surface area contributed by atoms with Gasteiger partial charge in [0.1, 0.15) is 0 Å². The zero-order valence-corrected chi connectivity index (χ0v) is 15.0. The molecule has 0 spiro atoms. The molecule has 2 aromatic rings. The van der Waals surface area contributed by atoms with Crippen LogP contribution in [0.1, 0.15) is 35.7 Å². The van der Waals surface area contributed by atoms with Gasteiger partial charge in [0.15, 0.2) is 0 Å². The van der Waals surface area contributed by atoms with Gasteiger partial charge in [-0.2, -0.15) is 0 Å². The number of rotatable bonds is 6. The number of hydrogen-bond donors (Lipinski definition) is 3. The van der Waals surface area contributed by atoms with Crippen LogP contribution in [0.4, 0.5) is 11.4 Å². The smallest absolute Gasteiger partial charge is 0.251 e. The SMILES string of the molecule is CC(=O)Nc1cccc(NC(=O)/C=C/c2ccc(C(=O)NC3CC3)cc2)c1. The third-order valence-corrected chi connectivity index (χ3v) is 3.96. The molecule has 6 heteroatoms. The third kappa shape index (κ3) is 5.81. The lowest BCUT2D eigenvalue weighted by Crippen LogP contribution is -2.25. The van der Waals surface area contributed by atoms with E-state index in [-0.39, 0.29) is 17.7 Å². The standard InChI is InChI=1S/C21H21N3O3/c1-14(25)22-18-3-2-4-19(13-18)23-20(26)12-7-15-5-8-16(9-6-15)21(27)24-17-10-11-17/h2-9,12-13,17H,10-11H2,1H3,(H,22,25)(H,23,26)(H,24,27)/b12-7+. The van der Waals surface area contributed by atoms with Crippen LogP contribution in [0.3, 0.4) is 0 Å². The topological polar surface area (TPSA) is 87.3 Å². The van der Waals surface area contributed by atoms with E-state index >= 15 is 0 Å². The van der Waals surface area contributed by atoms with Crippen molar-refractivity contribution in [3.05, 3.63) is 65.7 Å². The maximum absolute atomic E-state index is 12.1. The van der Waals surface area contributed by atoms with Gasteiger partial charge in [0.2, 0.25) is 11.8 Å². The van der Waals surface area contributed by atoms with Crippen molar-refractivity contribution in [1.82, 2.24) is 5.32 Å². The van der Waals surface area contributed by atoms with E-state index in [0.29, 0.717) is 23.0 Å². The molecule has 0 aromatic heterocycles. The molecular formula is C21H21N3O3. The van der Waals surface area contributed by atoms with Crippen LogP contribution >= 0.6 is 0 Å². The summed E-state index contributed by atoms with van der Waals surface area (Å²) in [7, 11) is 0. The van der Waals surface area contributed by atoms with Crippen LogP contribution in [0.5, 0.6) is 0 Å². The molecule has 0 unspecified atom stereocenters. The van der Waals surface area contributed by atoms with E-state index in [2.05, 4.69) is 16.0 Å². The van der Waals surface area contributed by atoms with Gasteiger partial charge in [-0.05, 0) is 54.8 Å². The second-order valence-corrected chi connectivity index (χ2v) is 6.45. The third-order valence-electron chi connectivity index (χ3n) is 3.96. The number of carbonyl (C=O) groups is 3. The summed E-state index contributed by atoms with van der Waals surface area (Å²) in [6.07, 6.45) is 5.20. The lowest BCUT2D eigenvalue weighted by Gasteiger charge is -2.06. The van der Waals surface area contributed by atoms with E-state index in [0.717, 1.165) is 18.4 Å². The van der Waals surface area contributed by atoms with Crippen LogP contribution in [0.15, 0.2) is 54.6 Å². The van der Waals surface area contributed by atoms with Crippen LogP contribution in [-0.4, -0.2) is 23.8 Å². The van der Waals surface area contributed by atoms with Crippen LogP contribution in [-0.2, 0) is 9.59 Å². The highest BCUT2D eigenvalue weighted by Gasteiger charge is 2.23. The van der Waals surface area contributed by atoms with Gasteiger partial charge in [0.25, 0.3) is 5.91 Å². The zero-order valence-electron chi connectivity index (χ0n) is 15.0. The summed E-state index contributed by atoms with van der Waals surface area (Å²) in [5, 5.41) is 8.34. The number of hydrogen-bond acceptors (Lipinski definition) is 3. The first-order chi connectivity index (χ1) is 13.0. The van der Waals surface area contributed by atoms with Crippen LogP contribution < -0.4 is 16.0 Å². The Kier molecular flexibility index (Phi) is 5.66. The zero-order chi connectivity index (χ0) is 19.2. The molecule has 6 nitrogen and oxygen atoms in total. The van der Waals surface area contributed by atoms with Crippen LogP contribution in [0.2, 0.25) is 0 Å². The highest BCUT2D eigenvalue weighted by Crippen LogP contribution is 2.19. The Labute approximate surface area is 157 Å². The molecule has 0 aliphatic heterocycles. The first-order valence-corrected chi connectivity index (χ1v) is 8.77. The second-order valence-electron chi connectivity index (χ2n) is 6.45. The fourth-order valence-corrected chi connectivity index (χ4v) is 2.48. The van der Waals surface area contributed by atoms with Crippen molar-refractivity contribution >= 4 is 35.2 Å². The van der Waals surface area contributed by atoms with Gasteiger partial charge in [0.05, 0.1) is 0 Å². The van der Waals surface area contributed by atoms with E-state index in [4.69, 9.17) is 0 Å². The van der Waals surface area contributed by atoms with Gasteiger partial charge in [-0.1, -0.05) is 18.2 Å². The van der Waals surface area contributed by atoms with Crippen molar-refractivity contribution in [1.29, 1.82) is 0 Å². The minimum atomic E-state index is -0.287. The maximum atomic E-state index is 12.1. The molecule has 1 aliphatic carbocycles. The van der Waals surface area contributed by atoms with E-state index in [1.54, 1.807) is 54.6 Å². The second kappa shape index (κ2) is 8.31. The predicted molar refractivity (Wildman–Crippen MR) is 105 cm³/mol. The molecule has 0 atom stereocenters. The molecule has 27 heavy (non-hydrogen) atoms. The molecule has 1 aliphatic rings. The summed E-state index contributed by atoms with van der Waals surface area (Å²) in [6, 6.07) is 14.3. The highest BCUT2D eigenvalue weighted by atomic mass is 16.2. The first kappa shape index (κ1) is 18.4. The van der Waals surface area contributed by atoms with E-state index in [9.17, 15) is 14.4 Å². The predicted octanol–water partition coefficient (Wildman–Crippen LogP) is 3.19. The normalized spacial score (nSPS) is 13.2. The van der Waals surface area contributed by atoms with Crippen LogP contribution in [0.25, 0.3) is 6.08 Å². The molecule has 3 N–H and O–H groups in total. The molecule has 3 amide bonds. The van der Waals surface area contributed by atoms with Crippen molar-refractivity contribution in [3.63, 3.8) is 0 Å². The Balaban J connectivity index is 1.56. The molecule has 0 heterocycles. The first-order valence-electron chi connectivity index (χ1n) is 8.77. The highest BCUT2D eigenvalue weighted by molar-refractivity contribution is 6.02. The Morgan fingerprint density at radius 3 is 2.26 bits per heavy atom. The van der Waals surface area contributed by atoms with E-state index in [1.807, 2.05) is 0 Å². The number of nitrogens with one attached hydrogen (secondary N) is 3. The molecule has 0 saturated heterocycles. The summed E-state index contributed by atoms with van der Waals surface area (Å²) in [4.78, 5) is 35.1. The van der Waals surface area contributed by atoms with Crippen molar-refractivity contribution in [2.24, 2.45) is 0 Å². The Morgan fingerprint density at radius 2 is 1.63 bits per heavy atom. The average molecular weight is 363 g/mol. The largest absolute Gasteiger partial charge is 0.349 e. The lowest BCUT2D eigenvalue weighted by atomic mass is 10.1. The minimum absolute atomic E-state index is 0.0650. The molecule has 1 saturated carbocycles. The molecule has 0 bridgehead atoms. The van der Waals surface area contributed by atoms with Crippen LogP contribution in [0, 0.1) is 0 Å². The van der Waals surface area contributed by atoms with Gasteiger partial charge in [0, 0.05) is 36.0 Å². The fraction of sp³-hybridized carbons (Fsp3) is 0.190. The average Bonchev–Trinajstić information content (AvgIpc) is 3.44. The van der Waals surface area contributed by atoms with E-state index < -0.39 is 0 Å².